The van der Waals surface area contributed by atoms with Gasteiger partial charge in [0.1, 0.15) is 5.92 Å². The summed E-state index contributed by atoms with van der Waals surface area (Å²) in [6, 6.07) is 6.07. The summed E-state index contributed by atoms with van der Waals surface area (Å²) in [5.74, 6) is -3.37. The smallest absolute Gasteiger partial charge is 0.338 e. The molecule has 108 valence electrons. The number of carbonyl (C=O) groups is 3. The number of amides is 1. The first-order valence-electron chi connectivity index (χ1n) is 6.26. The minimum absolute atomic E-state index is 0.355. The first-order valence-corrected chi connectivity index (χ1v) is 6.26. The van der Waals surface area contributed by atoms with Crippen molar-refractivity contribution in [1.29, 1.82) is 0 Å². The van der Waals surface area contributed by atoms with E-state index in [2.05, 4.69) is 5.32 Å². The number of carboxylic acid groups (broad SMARTS) is 1. The molecule has 0 saturated heterocycles. The molecule has 1 aromatic rings. The van der Waals surface area contributed by atoms with Crippen LogP contribution in [0.5, 0.6) is 0 Å². The lowest BCUT2D eigenvalue weighted by Gasteiger charge is -2.09. The highest BCUT2D eigenvalue weighted by Gasteiger charge is 2.20. The molecule has 0 radical (unpaired) electrons. The molecule has 0 spiro atoms. The second-order valence-electron chi connectivity index (χ2n) is 4.26. The van der Waals surface area contributed by atoms with Gasteiger partial charge in [-0.15, -0.1) is 0 Å². The van der Waals surface area contributed by atoms with Gasteiger partial charge in [-0.25, -0.2) is 4.79 Å². The number of carbonyl (C=O) groups excluding carboxylic acids is 2. The van der Waals surface area contributed by atoms with Crippen molar-refractivity contribution < 1.29 is 24.2 Å². The second-order valence-corrected chi connectivity index (χ2v) is 4.26. The first-order chi connectivity index (χ1) is 9.45. The molecule has 1 atom stereocenters. The Hall–Kier alpha value is -2.37. The molecule has 2 N–H and O–H groups in total. The average molecular weight is 279 g/mol. The maximum absolute atomic E-state index is 11.5. The zero-order chi connectivity index (χ0) is 15.1. The van der Waals surface area contributed by atoms with Crippen LogP contribution in [0, 0.1) is 5.92 Å². The summed E-state index contributed by atoms with van der Waals surface area (Å²) in [6.07, 6.45) is 0.743. The number of rotatable bonds is 6. The van der Waals surface area contributed by atoms with Crippen molar-refractivity contribution >= 4 is 23.5 Å². The third-order valence-electron chi connectivity index (χ3n) is 2.59. The summed E-state index contributed by atoms with van der Waals surface area (Å²) < 4.78 is 4.96. The third kappa shape index (κ3) is 4.38. The van der Waals surface area contributed by atoms with Crippen LogP contribution in [0.4, 0.5) is 5.69 Å². The number of hydrogen-bond donors (Lipinski definition) is 2. The highest BCUT2D eigenvalue weighted by molar-refractivity contribution is 6.04. The van der Waals surface area contributed by atoms with Gasteiger partial charge in [0, 0.05) is 5.69 Å². The van der Waals surface area contributed by atoms with Crippen LogP contribution in [-0.2, 0) is 14.3 Å². The fourth-order valence-electron chi connectivity index (χ4n) is 1.33. The first kappa shape index (κ1) is 15.7. The summed E-state index contributed by atoms with van der Waals surface area (Å²) in [6.45, 7) is 3.55. The summed E-state index contributed by atoms with van der Waals surface area (Å²) in [5.41, 5.74) is 0.804. The molecule has 1 amide bonds. The molecular weight excluding hydrogens is 262 g/mol. The molecule has 0 saturated carbocycles. The lowest BCUT2D eigenvalue weighted by Crippen LogP contribution is -2.26. The molecule has 1 rings (SSSR count). The number of nitrogens with one attached hydrogen (secondary N) is 1. The van der Waals surface area contributed by atoms with E-state index in [0.29, 0.717) is 17.9 Å². The Bertz CT molecular complexity index is 495. The number of carboxylic acids is 1. The lowest BCUT2D eigenvalue weighted by atomic mass is 10.1. The minimum atomic E-state index is -1.19. The number of anilines is 1. The molecule has 0 aliphatic carbocycles. The predicted molar refractivity (Wildman–Crippen MR) is 72.4 cm³/mol. The molecule has 1 unspecified atom stereocenters. The normalized spacial score (nSPS) is 11.5. The van der Waals surface area contributed by atoms with Crippen LogP contribution in [0.3, 0.4) is 0 Å². The van der Waals surface area contributed by atoms with E-state index < -0.39 is 23.8 Å². The van der Waals surface area contributed by atoms with Crippen molar-refractivity contribution in [3.8, 4) is 0 Å². The lowest BCUT2D eigenvalue weighted by molar-refractivity contribution is -0.144. The number of hydrogen-bond acceptors (Lipinski definition) is 4. The van der Waals surface area contributed by atoms with Gasteiger partial charge < -0.3 is 15.2 Å². The summed E-state index contributed by atoms with van der Waals surface area (Å²) >= 11 is 0. The maximum atomic E-state index is 11.5. The summed E-state index contributed by atoms with van der Waals surface area (Å²) in [5, 5.41) is 11.2. The van der Waals surface area contributed by atoms with Gasteiger partial charge in [-0.2, -0.15) is 0 Å². The van der Waals surface area contributed by atoms with Crippen molar-refractivity contribution in [2.45, 2.75) is 20.3 Å². The van der Waals surface area contributed by atoms with Gasteiger partial charge >= 0.3 is 11.9 Å². The Labute approximate surface area is 116 Å². The quantitative estimate of drug-likeness (QED) is 0.613. The zero-order valence-corrected chi connectivity index (χ0v) is 11.4. The van der Waals surface area contributed by atoms with Gasteiger partial charge in [0.2, 0.25) is 5.91 Å². The van der Waals surface area contributed by atoms with E-state index in [0.717, 1.165) is 6.42 Å². The van der Waals surface area contributed by atoms with Crippen LogP contribution in [0.2, 0.25) is 0 Å². The average Bonchev–Trinajstić information content (AvgIpc) is 2.44. The Kier molecular flexibility index (Phi) is 5.71. The number of esters is 1. The van der Waals surface area contributed by atoms with E-state index in [4.69, 9.17) is 9.84 Å². The molecule has 6 heteroatoms. The van der Waals surface area contributed by atoms with Crippen molar-refractivity contribution in [1.82, 2.24) is 0 Å². The Morgan fingerprint density at radius 1 is 1.25 bits per heavy atom. The van der Waals surface area contributed by atoms with E-state index in [-0.39, 0.29) is 0 Å². The monoisotopic (exact) mass is 279 g/mol. The Balaban J connectivity index is 2.65. The van der Waals surface area contributed by atoms with Gasteiger partial charge in [-0.05, 0) is 37.6 Å². The Morgan fingerprint density at radius 3 is 2.35 bits per heavy atom. The fraction of sp³-hybridized carbons (Fsp3) is 0.357. The van der Waals surface area contributed by atoms with E-state index in [1.807, 2.05) is 6.92 Å². The molecular formula is C14H17NO5. The molecule has 0 bridgehead atoms. The second kappa shape index (κ2) is 7.28. The van der Waals surface area contributed by atoms with Gasteiger partial charge in [-0.3, -0.25) is 9.59 Å². The van der Waals surface area contributed by atoms with E-state index in [1.165, 1.54) is 31.2 Å². The minimum Gasteiger partial charge on any atom is -0.481 e. The fourth-order valence-corrected chi connectivity index (χ4v) is 1.33. The molecule has 6 nitrogen and oxygen atoms in total. The molecule has 0 aliphatic rings. The van der Waals surface area contributed by atoms with Crippen molar-refractivity contribution in [2.75, 3.05) is 11.9 Å². The van der Waals surface area contributed by atoms with Gasteiger partial charge in [0.15, 0.2) is 0 Å². The van der Waals surface area contributed by atoms with Crippen LogP contribution in [0.1, 0.15) is 30.6 Å². The van der Waals surface area contributed by atoms with Crippen molar-refractivity contribution in [3.05, 3.63) is 29.8 Å². The number of ether oxygens (including phenoxy) is 1. The highest BCUT2D eigenvalue weighted by atomic mass is 16.5. The van der Waals surface area contributed by atoms with E-state index in [9.17, 15) is 14.4 Å². The highest BCUT2D eigenvalue weighted by Crippen LogP contribution is 2.12. The molecule has 0 heterocycles. The van der Waals surface area contributed by atoms with Gasteiger partial charge in [-0.1, -0.05) is 6.92 Å². The van der Waals surface area contributed by atoms with Crippen LogP contribution in [-0.4, -0.2) is 29.6 Å². The summed E-state index contributed by atoms with van der Waals surface area (Å²) in [7, 11) is 0. The van der Waals surface area contributed by atoms with Gasteiger partial charge in [0.05, 0.1) is 12.2 Å². The molecule has 1 aromatic carbocycles. The van der Waals surface area contributed by atoms with Crippen molar-refractivity contribution in [2.24, 2.45) is 5.92 Å². The van der Waals surface area contributed by atoms with E-state index in [1.54, 1.807) is 0 Å². The van der Waals surface area contributed by atoms with E-state index >= 15 is 0 Å². The van der Waals surface area contributed by atoms with Gasteiger partial charge in [0.25, 0.3) is 0 Å². The number of benzene rings is 1. The molecule has 0 aromatic heterocycles. The SMILES string of the molecule is CCCOC(=O)c1ccc(NC(=O)C(C)C(=O)O)cc1. The largest absolute Gasteiger partial charge is 0.481 e. The summed E-state index contributed by atoms with van der Waals surface area (Å²) in [4.78, 5) is 33.7. The van der Waals surface area contributed by atoms with Crippen LogP contribution in [0.25, 0.3) is 0 Å². The molecule has 20 heavy (non-hydrogen) atoms. The topological polar surface area (TPSA) is 92.7 Å². The third-order valence-corrected chi connectivity index (χ3v) is 2.59. The predicted octanol–water partition coefficient (Wildman–Crippen LogP) is 1.91. The van der Waals surface area contributed by atoms with Crippen LogP contribution >= 0.6 is 0 Å². The molecule has 0 aliphatic heterocycles. The number of aliphatic carboxylic acids is 1. The maximum Gasteiger partial charge on any atom is 0.338 e. The van der Waals surface area contributed by atoms with Crippen LogP contribution in [0.15, 0.2) is 24.3 Å². The standard InChI is InChI=1S/C14H17NO5/c1-3-8-20-14(19)10-4-6-11(7-5-10)15-12(16)9(2)13(17)18/h4-7,9H,3,8H2,1-2H3,(H,15,16)(H,17,18). The van der Waals surface area contributed by atoms with Crippen LogP contribution < -0.4 is 5.32 Å². The van der Waals surface area contributed by atoms with Crippen molar-refractivity contribution in [3.63, 3.8) is 0 Å². The zero-order valence-electron chi connectivity index (χ0n) is 11.4. The molecule has 0 fully saturated rings. The Morgan fingerprint density at radius 2 is 1.85 bits per heavy atom.